The standard InChI is InChI=1S/C32H36N8O6/c1-6-27(41)33-21-8-7-9-23(18-21)46-29-24-12-13-39(20-45-30(42)32(2,3)4)28(24)35-31(36-29)34-22-10-11-25(26(19-22)40(43)44)38-16-14-37(5)15-17-38/h6-13,18-19H,1,14-17,20H2,2-5H3,(H,33,41)(H,34,35,36). The lowest BCUT2D eigenvalue weighted by Gasteiger charge is -2.33. The van der Waals surface area contributed by atoms with Gasteiger partial charge in [-0.1, -0.05) is 12.6 Å². The van der Waals surface area contributed by atoms with Crippen molar-refractivity contribution in [2.45, 2.75) is 27.5 Å². The molecule has 0 radical (unpaired) electrons. The highest BCUT2D eigenvalue weighted by Crippen LogP contribution is 2.35. The van der Waals surface area contributed by atoms with E-state index < -0.39 is 10.3 Å². The summed E-state index contributed by atoms with van der Waals surface area (Å²) in [4.78, 5) is 49.4. The van der Waals surface area contributed by atoms with Crippen LogP contribution >= 0.6 is 0 Å². The molecule has 14 nitrogen and oxygen atoms in total. The average molecular weight is 629 g/mol. The van der Waals surface area contributed by atoms with Gasteiger partial charge in [0.1, 0.15) is 11.4 Å². The van der Waals surface area contributed by atoms with E-state index >= 15 is 0 Å². The summed E-state index contributed by atoms with van der Waals surface area (Å²) in [5, 5.41) is 18.4. The first kappa shape index (κ1) is 31.9. The van der Waals surface area contributed by atoms with Gasteiger partial charge in [-0.05, 0) is 64.2 Å². The maximum atomic E-state index is 12.5. The molecule has 2 aromatic heterocycles. The monoisotopic (exact) mass is 628 g/mol. The van der Waals surface area contributed by atoms with E-state index in [9.17, 15) is 19.7 Å². The predicted octanol–water partition coefficient (Wildman–Crippen LogP) is 5.30. The molecule has 0 spiro atoms. The highest BCUT2D eigenvalue weighted by Gasteiger charge is 2.25. The number of aromatic nitrogens is 3. The summed E-state index contributed by atoms with van der Waals surface area (Å²) in [7, 11) is 2.02. The van der Waals surface area contributed by atoms with Gasteiger partial charge in [-0.25, -0.2) is 0 Å². The van der Waals surface area contributed by atoms with Gasteiger partial charge in [-0.3, -0.25) is 24.3 Å². The maximum Gasteiger partial charge on any atom is 0.312 e. The number of nitro groups is 1. The fraction of sp³-hybridized carbons (Fsp3) is 0.312. The minimum absolute atomic E-state index is 0.0389. The van der Waals surface area contributed by atoms with Crippen LogP contribution in [0.2, 0.25) is 0 Å². The summed E-state index contributed by atoms with van der Waals surface area (Å²) in [6.45, 7) is 11.6. The number of hydrogen-bond acceptors (Lipinski definition) is 11. The van der Waals surface area contributed by atoms with Crippen LogP contribution in [0.3, 0.4) is 0 Å². The minimum atomic E-state index is -0.698. The van der Waals surface area contributed by atoms with Crippen molar-refractivity contribution in [2.24, 2.45) is 5.41 Å². The van der Waals surface area contributed by atoms with Crippen LogP contribution in [-0.2, 0) is 21.1 Å². The van der Waals surface area contributed by atoms with Gasteiger partial charge in [0.2, 0.25) is 17.7 Å². The Labute approximate surface area is 265 Å². The molecule has 2 N–H and O–H groups in total. The normalized spacial score (nSPS) is 13.7. The van der Waals surface area contributed by atoms with Gasteiger partial charge in [-0.15, -0.1) is 0 Å². The number of nitrogens with one attached hydrogen (secondary N) is 2. The van der Waals surface area contributed by atoms with E-state index in [0.717, 1.165) is 19.2 Å². The highest BCUT2D eigenvalue weighted by molar-refractivity contribution is 5.99. The Morgan fingerprint density at radius 2 is 1.83 bits per heavy atom. The van der Waals surface area contributed by atoms with Crippen molar-refractivity contribution in [2.75, 3.05) is 48.8 Å². The molecule has 1 saturated heterocycles. The number of carbonyl (C=O) groups is 2. The van der Waals surface area contributed by atoms with Crippen molar-refractivity contribution >= 4 is 51.6 Å². The number of nitrogens with zero attached hydrogens (tertiary/aromatic N) is 6. The van der Waals surface area contributed by atoms with Gasteiger partial charge < -0.3 is 29.9 Å². The third-order valence-corrected chi connectivity index (χ3v) is 7.30. The number of piperazine rings is 1. The van der Waals surface area contributed by atoms with Crippen LogP contribution in [-0.4, -0.2) is 69.5 Å². The number of likely N-dealkylation sites (N-methyl/N-ethyl adjacent to an activating group) is 1. The Bertz CT molecular complexity index is 1790. The lowest BCUT2D eigenvalue weighted by atomic mass is 9.98. The first-order chi connectivity index (χ1) is 21.9. The first-order valence-electron chi connectivity index (χ1n) is 14.7. The van der Waals surface area contributed by atoms with Gasteiger partial charge in [0, 0.05) is 55.9 Å². The number of fused-ring (bicyclic) bond motifs is 1. The Morgan fingerprint density at radius 1 is 1.07 bits per heavy atom. The largest absolute Gasteiger partial charge is 0.443 e. The van der Waals surface area contributed by atoms with Crippen LogP contribution in [0.5, 0.6) is 11.6 Å². The minimum Gasteiger partial charge on any atom is -0.443 e. The molecule has 1 amide bonds. The quantitative estimate of drug-likeness (QED) is 0.102. The number of esters is 1. The average Bonchev–Trinajstić information content (AvgIpc) is 3.43. The third-order valence-electron chi connectivity index (χ3n) is 7.30. The summed E-state index contributed by atoms with van der Waals surface area (Å²) < 4.78 is 13.3. The molecule has 3 heterocycles. The molecule has 5 rings (SSSR count). The summed E-state index contributed by atoms with van der Waals surface area (Å²) in [6.07, 6.45) is 2.86. The van der Waals surface area contributed by atoms with Gasteiger partial charge >= 0.3 is 5.97 Å². The number of rotatable bonds is 10. The van der Waals surface area contributed by atoms with Crippen molar-refractivity contribution in [1.29, 1.82) is 0 Å². The molecular formula is C32H36N8O6. The summed E-state index contributed by atoms with van der Waals surface area (Å²) in [5.74, 6) is -0.106. The number of anilines is 4. The van der Waals surface area contributed by atoms with Crippen LogP contribution in [0.4, 0.5) is 28.7 Å². The van der Waals surface area contributed by atoms with E-state index in [1.807, 2.05) is 11.9 Å². The lowest BCUT2D eigenvalue weighted by molar-refractivity contribution is -0.384. The Hall–Kier alpha value is -5.50. The molecule has 1 aliphatic rings. The van der Waals surface area contributed by atoms with E-state index in [1.165, 1.54) is 6.07 Å². The second-order valence-corrected chi connectivity index (χ2v) is 11.9. The maximum absolute atomic E-state index is 12.5. The molecule has 1 aliphatic heterocycles. The van der Waals surface area contributed by atoms with Crippen LogP contribution in [0, 0.1) is 15.5 Å². The molecule has 4 aromatic rings. The van der Waals surface area contributed by atoms with Crippen molar-refractivity contribution in [3.63, 3.8) is 0 Å². The SMILES string of the molecule is C=CC(=O)Nc1cccc(Oc2nc(Nc3ccc(N4CCN(C)CC4)c([N+](=O)[O-])c3)nc3c2ccn3COC(=O)C(C)(C)C)c1. The van der Waals surface area contributed by atoms with E-state index in [-0.39, 0.29) is 36.1 Å². The number of benzene rings is 2. The summed E-state index contributed by atoms with van der Waals surface area (Å²) in [5.41, 5.74) is 1.10. The van der Waals surface area contributed by atoms with Crippen molar-refractivity contribution in [3.8, 4) is 11.6 Å². The Morgan fingerprint density at radius 3 is 2.52 bits per heavy atom. The van der Waals surface area contributed by atoms with E-state index in [1.54, 1.807) is 74.0 Å². The van der Waals surface area contributed by atoms with E-state index in [4.69, 9.17) is 9.47 Å². The molecule has 14 heteroatoms. The second kappa shape index (κ2) is 13.2. The Kier molecular flexibility index (Phi) is 9.18. The number of nitro benzene ring substituents is 1. The first-order valence-corrected chi connectivity index (χ1v) is 14.7. The van der Waals surface area contributed by atoms with Crippen molar-refractivity contribution in [3.05, 3.63) is 77.5 Å². The molecular weight excluding hydrogens is 592 g/mol. The molecule has 46 heavy (non-hydrogen) atoms. The van der Waals surface area contributed by atoms with Gasteiger partial charge in [0.05, 0.1) is 15.7 Å². The van der Waals surface area contributed by atoms with Gasteiger partial charge in [0.25, 0.3) is 5.69 Å². The zero-order valence-corrected chi connectivity index (χ0v) is 26.1. The van der Waals surface area contributed by atoms with Crippen LogP contribution in [0.1, 0.15) is 20.8 Å². The summed E-state index contributed by atoms with van der Waals surface area (Å²) in [6, 6.07) is 13.4. The smallest absolute Gasteiger partial charge is 0.312 e. The summed E-state index contributed by atoms with van der Waals surface area (Å²) >= 11 is 0. The molecule has 240 valence electrons. The molecule has 2 aromatic carbocycles. The molecule has 0 saturated carbocycles. The van der Waals surface area contributed by atoms with Crippen LogP contribution in [0.25, 0.3) is 11.0 Å². The molecule has 0 aliphatic carbocycles. The van der Waals surface area contributed by atoms with Crippen molar-refractivity contribution in [1.82, 2.24) is 19.4 Å². The number of ether oxygens (including phenoxy) is 2. The highest BCUT2D eigenvalue weighted by atomic mass is 16.6. The van der Waals surface area contributed by atoms with Gasteiger partial charge in [0.15, 0.2) is 12.4 Å². The lowest BCUT2D eigenvalue weighted by Crippen LogP contribution is -2.44. The second-order valence-electron chi connectivity index (χ2n) is 11.9. The fourth-order valence-corrected chi connectivity index (χ4v) is 4.75. The van der Waals surface area contributed by atoms with Crippen molar-refractivity contribution < 1.29 is 24.0 Å². The van der Waals surface area contributed by atoms with Gasteiger partial charge in [-0.2, -0.15) is 9.97 Å². The fourth-order valence-electron chi connectivity index (χ4n) is 4.75. The molecule has 0 bridgehead atoms. The van der Waals surface area contributed by atoms with Crippen LogP contribution < -0.4 is 20.3 Å². The number of amides is 1. The molecule has 0 unspecified atom stereocenters. The zero-order valence-electron chi connectivity index (χ0n) is 26.1. The molecule has 1 fully saturated rings. The third kappa shape index (κ3) is 7.41. The number of carbonyl (C=O) groups excluding carboxylic acids is 2. The Balaban J connectivity index is 1.50. The van der Waals surface area contributed by atoms with Crippen LogP contribution in [0.15, 0.2) is 67.4 Å². The number of hydrogen-bond donors (Lipinski definition) is 2. The predicted molar refractivity (Wildman–Crippen MR) is 175 cm³/mol. The van der Waals surface area contributed by atoms with E-state index in [0.29, 0.717) is 46.9 Å². The van der Waals surface area contributed by atoms with E-state index in [2.05, 4.69) is 32.1 Å². The topological polar surface area (TPSA) is 157 Å². The zero-order chi connectivity index (χ0) is 33.0. The molecule has 0 atom stereocenters.